The van der Waals surface area contributed by atoms with Gasteiger partial charge in [-0.05, 0) is 115 Å². The van der Waals surface area contributed by atoms with Crippen LogP contribution in [0.4, 0.5) is 0 Å². The number of carbonyl (C=O) groups excluding carboxylic acids is 3. The van der Waals surface area contributed by atoms with Crippen molar-refractivity contribution in [2.24, 2.45) is 0 Å². The van der Waals surface area contributed by atoms with Crippen molar-refractivity contribution in [3.8, 4) is 0 Å². The van der Waals surface area contributed by atoms with Gasteiger partial charge in [0.2, 0.25) is 0 Å². The molecule has 0 unspecified atom stereocenters. The van der Waals surface area contributed by atoms with E-state index in [2.05, 4.69) is 57.2 Å². The zero-order chi connectivity index (χ0) is 49.8. The lowest BCUT2D eigenvalue weighted by Gasteiger charge is -2.12. The molecule has 0 aromatic heterocycles. The number of benzene rings is 1. The van der Waals surface area contributed by atoms with Crippen molar-refractivity contribution in [3.05, 3.63) is 71.3 Å². The van der Waals surface area contributed by atoms with Crippen molar-refractivity contribution in [2.45, 2.75) is 290 Å². The Bertz CT molecular complexity index is 1410. The summed E-state index contributed by atoms with van der Waals surface area (Å²) in [6.45, 7) is 7.70. The van der Waals surface area contributed by atoms with E-state index < -0.39 is 17.9 Å². The van der Waals surface area contributed by atoms with E-state index in [0.717, 1.165) is 77.0 Å². The molecule has 396 valence electrons. The maximum Gasteiger partial charge on any atom is 0.339 e. The van der Waals surface area contributed by atoms with E-state index in [1.165, 1.54) is 205 Å². The molecule has 0 radical (unpaired) electrons. The Hall–Kier alpha value is -3.15. The second-order valence-corrected chi connectivity index (χ2v) is 20.0. The Kier molecular flexibility index (Phi) is 47.4. The number of esters is 3. The molecule has 0 spiro atoms. The molecule has 6 heteroatoms. The van der Waals surface area contributed by atoms with Crippen LogP contribution in [-0.4, -0.2) is 37.7 Å². The summed E-state index contributed by atoms with van der Waals surface area (Å²) in [5, 5.41) is 0. The van der Waals surface area contributed by atoms with Crippen LogP contribution in [0.25, 0.3) is 0 Å². The van der Waals surface area contributed by atoms with Gasteiger partial charge in [0, 0.05) is 0 Å². The predicted octanol–water partition coefficient (Wildman–Crippen LogP) is 20.3. The van der Waals surface area contributed by atoms with E-state index in [1.807, 2.05) is 0 Å². The van der Waals surface area contributed by atoms with Crippen LogP contribution in [0.1, 0.15) is 322 Å². The minimum atomic E-state index is -0.602. The summed E-state index contributed by atoms with van der Waals surface area (Å²) < 4.78 is 17.0. The molecule has 0 bridgehead atoms. The molecule has 0 fully saturated rings. The van der Waals surface area contributed by atoms with E-state index in [4.69, 9.17) is 14.2 Å². The molecule has 0 saturated carbocycles. The van der Waals surface area contributed by atoms with Crippen LogP contribution in [0, 0.1) is 0 Å². The molecule has 0 aliphatic carbocycles. The quantitative estimate of drug-likeness (QED) is 0.0280. The molecular formula is C63H108O6. The van der Waals surface area contributed by atoms with Crippen LogP contribution in [0.2, 0.25) is 0 Å². The van der Waals surface area contributed by atoms with Gasteiger partial charge in [0.25, 0.3) is 0 Å². The highest BCUT2D eigenvalue weighted by Crippen LogP contribution is 2.19. The molecular weight excluding hydrogens is 853 g/mol. The number of hydrogen-bond acceptors (Lipinski definition) is 6. The average molecular weight is 962 g/mol. The molecule has 0 aliphatic heterocycles. The van der Waals surface area contributed by atoms with Gasteiger partial charge in [0.1, 0.15) is 0 Å². The minimum absolute atomic E-state index is 0.0669. The van der Waals surface area contributed by atoms with Gasteiger partial charge in [-0.1, -0.05) is 231 Å². The van der Waals surface area contributed by atoms with Gasteiger partial charge in [-0.2, -0.15) is 0 Å². The summed E-state index contributed by atoms with van der Waals surface area (Å²) in [7, 11) is 0. The van der Waals surface area contributed by atoms with E-state index in [-0.39, 0.29) is 23.3 Å². The second-order valence-electron chi connectivity index (χ2n) is 20.0. The van der Waals surface area contributed by atoms with Crippen molar-refractivity contribution in [1.29, 1.82) is 0 Å². The lowest BCUT2D eigenvalue weighted by Crippen LogP contribution is -2.17. The topological polar surface area (TPSA) is 78.9 Å². The maximum absolute atomic E-state index is 13.5. The molecule has 0 atom stereocenters. The summed E-state index contributed by atoms with van der Waals surface area (Å²) in [6.07, 6.45) is 65.1. The third-order valence-corrected chi connectivity index (χ3v) is 13.4. The Labute approximate surface area is 426 Å². The van der Waals surface area contributed by atoms with Crippen molar-refractivity contribution < 1.29 is 28.6 Å². The van der Waals surface area contributed by atoms with Gasteiger partial charge in [-0.3, -0.25) is 0 Å². The molecule has 1 aromatic rings. The number of rotatable bonds is 51. The van der Waals surface area contributed by atoms with Gasteiger partial charge in [-0.25, -0.2) is 14.4 Å². The first-order valence-electron chi connectivity index (χ1n) is 29.6. The number of unbranched alkanes of at least 4 members (excludes halogenated alkanes) is 36. The standard InChI is InChI=1S/C63H108O6/c1-4-7-10-13-16-19-22-25-28-31-34-37-40-43-46-49-54-67-61(64)58-52-53-59(62(65)68-55-50-47-44-41-38-35-32-29-26-23-20-17-14-11-8-5-2)60(57-58)63(66)69-56-51-48-45-42-39-36-33-30-27-24-21-18-15-12-9-6-3/h25-30,52-53,57H,4-24,31-51,54-56H2,1-3H3/b28-25-,29-26-,30-27-. The fourth-order valence-electron chi connectivity index (χ4n) is 8.80. The third kappa shape index (κ3) is 41.2. The first-order valence-corrected chi connectivity index (χ1v) is 29.6. The minimum Gasteiger partial charge on any atom is -0.462 e. The summed E-state index contributed by atoms with van der Waals surface area (Å²) >= 11 is 0. The smallest absolute Gasteiger partial charge is 0.339 e. The van der Waals surface area contributed by atoms with Crippen molar-refractivity contribution >= 4 is 17.9 Å². The molecule has 6 nitrogen and oxygen atoms in total. The summed E-state index contributed by atoms with van der Waals surface area (Å²) in [4.78, 5) is 39.9. The molecule has 0 N–H and O–H groups in total. The SMILES string of the molecule is CCCCCCCC/C=C\CCCCCCCCOC(=O)c1ccc(C(=O)OCCCCCCCC/C=C\CCCCCCCC)c(C(=O)OCCCCCCCC/C=C\CCCCCCCC)c1. The lowest BCUT2D eigenvalue weighted by atomic mass is 10.0. The molecule has 0 amide bonds. The van der Waals surface area contributed by atoms with Crippen molar-refractivity contribution in [2.75, 3.05) is 19.8 Å². The first-order chi connectivity index (χ1) is 34.0. The molecule has 0 aliphatic rings. The molecule has 0 heterocycles. The number of ether oxygens (including phenoxy) is 3. The summed E-state index contributed by atoms with van der Waals surface area (Å²) in [5.41, 5.74) is 0.446. The van der Waals surface area contributed by atoms with Crippen LogP contribution in [0.3, 0.4) is 0 Å². The summed E-state index contributed by atoms with van der Waals surface area (Å²) in [5.74, 6) is -1.65. The largest absolute Gasteiger partial charge is 0.462 e. The van der Waals surface area contributed by atoms with E-state index in [1.54, 1.807) is 6.07 Å². The Morgan fingerprint density at radius 3 is 0.855 bits per heavy atom. The normalized spacial score (nSPS) is 11.7. The van der Waals surface area contributed by atoms with Crippen LogP contribution >= 0.6 is 0 Å². The Morgan fingerprint density at radius 2 is 0.551 bits per heavy atom. The number of hydrogen-bond donors (Lipinski definition) is 0. The van der Waals surface area contributed by atoms with Crippen LogP contribution < -0.4 is 0 Å². The fraction of sp³-hybridized carbons (Fsp3) is 0.762. The highest BCUT2D eigenvalue weighted by molar-refractivity contribution is 6.05. The molecule has 0 saturated heterocycles. The second kappa shape index (κ2) is 51.2. The van der Waals surface area contributed by atoms with Gasteiger partial charge >= 0.3 is 17.9 Å². The molecule has 1 rings (SSSR count). The van der Waals surface area contributed by atoms with Gasteiger partial charge in [0.15, 0.2) is 0 Å². The van der Waals surface area contributed by atoms with Crippen LogP contribution in [0.15, 0.2) is 54.7 Å². The van der Waals surface area contributed by atoms with Gasteiger partial charge in [0.05, 0.1) is 36.5 Å². The zero-order valence-electron chi connectivity index (χ0n) is 45.5. The first kappa shape index (κ1) is 63.9. The lowest BCUT2D eigenvalue weighted by molar-refractivity contribution is 0.0448. The average Bonchev–Trinajstić information content (AvgIpc) is 3.36. The van der Waals surface area contributed by atoms with E-state index >= 15 is 0 Å². The zero-order valence-corrected chi connectivity index (χ0v) is 45.5. The monoisotopic (exact) mass is 961 g/mol. The maximum atomic E-state index is 13.5. The number of allylic oxidation sites excluding steroid dienone is 6. The van der Waals surface area contributed by atoms with Crippen molar-refractivity contribution in [1.82, 2.24) is 0 Å². The Balaban J connectivity index is 2.47. The van der Waals surface area contributed by atoms with Crippen LogP contribution in [-0.2, 0) is 14.2 Å². The van der Waals surface area contributed by atoms with Gasteiger partial charge < -0.3 is 14.2 Å². The predicted molar refractivity (Wildman–Crippen MR) is 296 cm³/mol. The van der Waals surface area contributed by atoms with Crippen molar-refractivity contribution in [3.63, 3.8) is 0 Å². The highest BCUT2D eigenvalue weighted by Gasteiger charge is 2.22. The summed E-state index contributed by atoms with van der Waals surface area (Å²) in [6, 6.07) is 4.54. The molecule has 69 heavy (non-hydrogen) atoms. The van der Waals surface area contributed by atoms with E-state index in [9.17, 15) is 14.4 Å². The van der Waals surface area contributed by atoms with E-state index in [0.29, 0.717) is 13.2 Å². The number of carbonyl (C=O) groups is 3. The fourth-order valence-corrected chi connectivity index (χ4v) is 8.80. The molecule has 1 aromatic carbocycles. The Morgan fingerprint density at radius 1 is 0.304 bits per heavy atom. The third-order valence-electron chi connectivity index (χ3n) is 13.4. The highest BCUT2D eigenvalue weighted by atomic mass is 16.5. The van der Waals surface area contributed by atoms with Gasteiger partial charge in [-0.15, -0.1) is 0 Å². The van der Waals surface area contributed by atoms with Crippen LogP contribution in [0.5, 0.6) is 0 Å².